The zero-order valence-electron chi connectivity index (χ0n) is 14.1. The van der Waals surface area contributed by atoms with Gasteiger partial charge in [0.2, 0.25) is 0 Å². The minimum Gasteiger partial charge on any atom is -0.322 e. The predicted molar refractivity (Wildman–Crippen MR) is 101 cm³/mol. The molecule has 2 aromatic carbocycles. The van der Waals surface area contributed by atoms with E-state index in [1.165, 1.54) is 5.56 Å². The zero-order valence-corrected chi connectivity index (χ0v) is 15.0. The maximum absolute atomic E-state index is 12.6. The third-order valence-electron chi connectivity index (χ3n) is 3.71. The average Bonchev–Trinajstić information content (AvgIpc) is 3.11. The van der Waals surface area contributed by atoms with Gasteiger partial charge in [0.05, 0.1) is 0 Å². The molecule has 0 saturated carbocycles. The molecule has 1 amide bonds. The largest absolute Gasteiger partial charge is 0.322 e. The van der Waals surface area contributed by atoms with E-state index in [2.05, 4.69) is 33.2 Å². The Morgan fingerprint density at radius 3 is 2.84 bits per heavy atom. The van der Waals surface area contributed by atoms with E-state index in [9.17, 15) is 4.79 Å². The van der Waals surface area contributed by atoms with E-state index in [-0.39, 0.29) is 5.91 Å². The molecule has 0 atom stereocenters. The van der Waals surface area contributed by atoms with E-state index in [0.717, 1.165) is 17.0 Å². The maximum Gasteiger partial charge on any atom is 0.255 e. The van der Waals surface area contributed by atoms with Gasteiger partial charge in [0, 0.05) is 29.1 Å². The molecule has 0 radical (unpaired) electrons. The van der Waals surface area contributed by atoms with Crippen LogP contribution in [0.2, 0.25) is 0 Å². The Balaban J connectivity index is 1.81. The fourth-order valence-corrected chi connectivity index (χ4v) is 3.05. The molecule has 128 valence electrons. The third-order valence-corrected chi connectivity index (χ3v) is 4.33. The van der Waals surface area contributed by atoms with E-state index < -0.39 is 0 Å². The number of benzene rings is 2. The van der Waals surface area contributed by atoms with Crippen LogP contribution in [0, 0.1) is 0 Å². The van der Waals surface area contributed by atoms with Crippen LogP contribution < -0.4 is 5.32 Å². The average molecular weight is 353 g/mol. The van der Waals surface area contributed by atoms with Crippen molar-refractivity contribution in [2.24, 2.45) is 0 Å². The first-order chi connectivity index (χ1) is 12.2. The van der Waals surface area contributed by atoms with Crippen LogP contribution in [0.1, 0.15) is 22.8 Å². The lowest BCUT2D eigenvalue weighted by Gasteiger charge is -2.08. The summed E-state index contributed by atoms with van der Waals surface area (Å²) in [5.74, 6) is 1.41. The number of rotatable bonds is 6. The SMILES string of the molecule is CCn1nnnc1-c1cccc(C(=O)Nc2cccc(CSC)c2)c1. The summed E-state index contributed by atoms with van der Waals surface area (Å²) >= 11 is 1.75. The van der Waals surface area contributed by atoms with E-state index in [1.807, 2.05) is 37.3 Å². The summed E-state index contributed by atoms with van der Waals surface area (Å²) in [5.41, 5.74) is 3.36. The molecule has 0 spiro atoms. The smallest absolute Gasteiger partial charge is 0.255 e. The maximum atomic E-state index is 12.6. The van der Waals surface area contributed by atoms with Gasteiger partial charge in [-0.3, -0.25) is 4.79 Å². The standard InChI is InChI=1S/C18H19N5OS/c1-3-23-17(20-21-22-23)14-7-5-8-15(11-14)18(24)19-16-9-4-6-13(10-16)12-25-2/h4-11H,3,12H2,1-2H3,(H,19,24). The number of nitrogens with one attached hydrogen (secondary N) is 1. The summed E-state index contributed by atoms with van der Waals surface area (Å²) in [6.07, 6.45) is 2.06. The monoisotopic (exact) mass is 353 g/mol. The molecule has 0 aliphatic carbocycles. The number of thioether (sulfide) groups is 1. The fourth-order valence-electron chi connectivity index (χ4n) is 2.53. The Kier molecular flexibility index (Phi) is 5.45. The van der Waals surface area contributed by atoms with Gasteiger partial charge in [0.15, 0.2) is 5.82 Å². The van der Waals surface area contributed by atoms with Gasteiger partial charge in [-0.15, -0.1) is 5.10 Å². The predicted octanol–water partition coefficient (Wildman–Crippen LogP) is 3.48. The van der Waals surface area contributed by atoms with E-state index in [0.29, 0.717) is 17.9 Å². The third kappa shape index (κ3) is 4.06. The summed E-state index contributed by atoms with van der Waals surface area (Å²) in [7, 11) is 0. The van der Waals surface area contributed by atoms with Crippen molar-refractivity contribution in [1.29, 1.82) is 0 Å². The van der Waals surface area contributed by atoms with Gasteiger partial charge in [-0.25, -0.2) is 4.68 Å². The summed E-state index contributed by atoms with van der Waals surface area (Å²) in [6, 6.07) is 15.2. The second-order valence-electron chi connectivity index (χ2n) is 5.49. The number of carbonyl (C=O) groups excluding carboxylic acids is 1. The quantitative estimate of drug-likeness (QED) is 0.734. The number of hydrogen-bond donors (Lipinski definition) is 1. The number of carbonyl (C=O) groups is 1. The second kappa shape index (κ2) is 7.94. The summed E-state index contributed by atoms with van der Waals surface area (Å²) in [4.78, 5) is 12.6. The van der Waals surface area contributed by atoms with Crippen LogP contribution in [0.25, 0.3) is 11.4 Å². The van der Waals surface area contributed by atoms with Gasteiger partial charge in [0.1, 0.15) is 0 Å². The summed E-state index contributed by atoms with van der Waals surface area (Å²) < 4.78 is 1.70. The Labute approximate surface area is 150 Å². The lowest BCUT2D eigenvalue weighted by Crippen LogP contribution is -2.12. The lowest BCUT2D eigenvalue weighted by molar-refractivity contribution is 0.102. The molecule has 1 aromatic heterocycles. The van der Waals surface area contributed by atoms with Gasteiger partial charge < -0.3 is 5.32 Å². The molecule has 0 aliphatic heterocycles. The highest BCUT2D eigenvalue weighted by Gasteiger charge is 2.12. The van der Waals surface area contributed by atoms with Crippen molar-refractivity contribution in [2.75, 3.05) is 11.6 Å². The zero-order chi connectivity index (χ0) is 17.6. The van der Waals surface area contributed by atoms with E-state index in [4.69, 9.17) is 0 Å². The van der Waals surface area contributed by atoms with Gasteiger partial charge in [-0.05, 0) is 53.4 Å². The highest BCUT2D eigenvalue weighted by atomic mass is 32.2. The Morgan fingerprint density at radius 2 is 2.04 bits per heavy atom. The van der Waals surface area contributed by atoms with Gasteiger partial charge >= 0.3 is 0 Å². The molecule has 1 heterocycles. The van der Waals surface area contributed by atoms with Gasteiger partial charge in [0.25, 0.3) is 5.91 Å². The number of nitrogens with zero attached hydrogens (tertiary/aromatic N) is 4. The van der Waals surface area contributed by atoms with E-state index >= 15 is 0 Å². The molecule has 1 N–H and O–H groups in total. The molecule has 3 aromatic rings. The first-order valence-electron chi connectivity index (χ1n) is 7.97. The lowest BCUT2D eigenvalue weighted by atomic mass is 10.1. The topological polar surface area (TPSA) is 72.7 Å². The molecule has 25 heavy (non-hydrogen) atoms. The number of hydrogen-bond acceptors (Lipinski definition) is 5. The van der Waals surface area contributed by atoms with Gasteiger partial charge in [-0.2, -0.15) is 11.8 Å². The highest BCUT2D eigenvalue weighted by Crippen LogP contribution is 2.19. The van der Waals surface area contributed by atoms with Crippen molar-refractivity contribution >= 4 is 23.4 Å². The Morgan fingerprint density at radius 1 is 1.20 bits per heavy atom. The molecule has 0 saturated heterocycles. The van der Waals surface area contributed by atoms with Crippen LogP contribution in [0.4, 0.5) is 5.69 Å². The molecule has 0 bridgehead atoms. The highest BCUT2D eigenvalue weighted by molar-refractivity contribution is 7.97. The first kappa shape index (κ1) is 17.2. The first-order valence-corrected chi connectivity index (χ1v) is 9.36. The normalized spacial score (nSPS) is 10.6. The van der Waals surface area contributed by atoms with Crippen molar-refractivity contribution < 1.29 is 4.79 Å². The minimum atomic E-state index is -0.154. The molecule has 0 aliphatic rings. The van der Waals surface area contributed by atoms with Crippen LogP contribution in [0.3, 0.4) is 0 Å². The molecule has 6 nitrogen and oxygen atoms in total. The van der Waals surface area contributed by atoms with Crippen molar-refractivity contribution in [3.63, 3.8) is 0 Å². The molecule has 0 unspecified atom stereocenters. The number of anilines is 1. The van der Waals surface area contributed by atoms with Crippen molar-refractivity contribution in [2.45, 2.75) is 19.2 Å². The number of aryl methyl sites for hydroxylation is 1. The Hall–Kier alpha value is -2.67. The van der Waals surface area contributed by atoms with Crippen LogP contribution in [0.15, 0.2) is 48.5 Å². The summed E-state index contributed by atoms with van der Waals surface area (Å²) in [6.45, 7) is 2.64. The number of aromatic nitrogens is 4. The summed E-state index contributed by atoms with van der Waals surface area (Å²) in [5, 5.41) is 14.6. The number of tetrazole rings is 1. The van der Waals surface area contributed by atoms with Crippen molar-refractivity contribution in [1.82, 2.24) is 20.2 Å². The minimum absolute atomic E-state index is 0.154. The molecular weight excluding hydrogens is 334 g/mol. The molecule has 3 rings (SSSR count). The second-order valence-corrected chi connectivity index (χ2v) is 6.35. The van der Waals surface area contributed by atoms with Crippen LogP contribution in [-0.2, 0) is 12.3 Å². The fraction of sp³-hybridized carbons (Fsp3) is 0.222. The molecular formula is C18H19N5OS. The van der Waals surface area contributed by atoms with Crippen LogP contribution in [0.5, 0.6) is 0 Å². The van der Waals surface area contributed by atoms with Crippen molar-refractivity contribution in [3.8, 4) is 11.4 Å². The Bertz CT molecular complexity index is 877. The molecule has 7 heteroatoms. The number of amides is 1. The van der Waals surface area contributed by atoms with Crippen molar-refractivity contribution in [3.05, 3.63) is 59.7 Å². The molecule has 0 fully saturated rings. The van der Waals surface area contributed by atoms with Crippen LogP contribution in [-0.4, -0.2) is 32.4 Å². The van der Waals surface area contributed by atoms with Gasteiger partial charge in [-0.1, -0.05) is 24.3 Å². The van der Waals surface area contributed by atoms with Crippen LogP contribution >= 0.6 is 11.8 Å². The van der Waals surface area contributed by atoms with E-state index in [1.54, 1.807) is 28.6 Å².